The number of piperazine rings is 1. The average molecular weight is 436 g/mol. The van der Waals surface area contributed by atoms with Gasteiger partial charge in [-0.2, -0.15) is 0 Å². The van der Waals surface area contributed by atoms with E-state index >= 15 is 0 Å². The van der Waals surface area contributed by atoms with E-state index in [2.05, 4.69) is 4.90 Å². The van der Waals surface area contributed by atoms with Gasteiger partial charge in [0, 0.05) is 36.9 Å². The number of halogens is 3. The summed E-state index contributed by atoms with van der Waals surface area (Å²) >= 11 is 12.0. The summed E-state index contributed by atoms with van der Waals surface area (Å²) in [4.78, 5) is 30.9. The lowest BCUT2D eigenvalue weighted by Crippen LogP contribution is -2.52. The van der Waals surface area contributed by atoms with Crippen molar-refractivity contribution < 1.29 is 14.0 Å². The standard InChI is InChI=1S/C21H20Cl2FN3O2/c1-13-2-3-14(22)10-18(13)25-6-8-26(9-7-25)19-12-20(28)27(21(19)29)15-4-5-17(24)16(23)11-15/h2-5,10-11,19H,6-9,12H2,1H3/t19-/m0/s1. The third-order valence-electron chi connectivity index (χ3n) is 5.55. The molecule has 1 atom stereocenters. The van der Waals surface area contributed by atoms with Gasteiger partial charge in [-0.15, -0.1) is 0 Å². The first-order valence-electron chi connectivity index (χ1n) is 9.42. The molecule has 29 heavy (non-hydrogen) atoms. The van der Waals surface area contributed by atoms with Crippen LogP contribution in [0.5, 0.6) is 0 Å². The number of benzene rings is 2. The maximum Gasteiger partial charge on any atom is 0.251 e. The highest BCUT2D eigenvalue weighted by Crippen LogP contribution is 2.30. The van der Waals surface area contributed by atoms with Gasteiger partial charge in [0.05, 0.1) is 23.2 Å². The van der Waals surface area contributed by atoms with E-state index in [-0.39, 0.29) is 23.3 Å². The van der Waals surface area contributed by atoms with E-state index in [1.807, 2.05) is 30.0 Å². The topological polar surface area (TPSA) is 43.9 Å². The van der Waals surface area contributed by atoms with Crippen LogP contribution < -0.4 is 9.80 Å². The quantitative estimate of drug-likeness (QED) is 0.685. The first-order valence-corrected chi connectivity index (χ1v) is 10.2. The van der Waals surface area contributed by atoms with Crippen molar-refractivity contribution in [3.8, 4) is 0 Å². The van der Waals surface area contributed by atoms with Crippen LogP contribution in [0.3, 0.4) is 0 Å². The Kier molecular flexibility index (Phi) is 5.51. The molecular formula is C21H20Cl2FN3O2. The maximum atomic E-state index is 13.4. The molecule has 0 radical (unpaired) electrons. The first-order chi connectivity index (χ1) is 13.8. The van der Waals surface area contributed by atoms with Crippen molar-refractivity contribution in [3.05, 3.63) is 57.8 Å². The summed E-state index contributed by atoms with van der Waals surface area (Å²) < 4.78 is 13.4. The van der Waals surface area contributed by atoms with Gasteiger partial charge >= 0.3 is 0 Å². The van der Waals surface area contributed by atoms with Crippen molar-refractivity contribution in [2.45, 2.75) is 19.4 Å². The van der Waals surface area contributed by atoms with Crippen molar-refractivity contribution >= 4 is 46.4 Å². The molecular weight excluding hydrogens is 416 g/mol. The lowest BCUT2D eigenvalue weighted by molar-refractivity contribution is -0.123. The maximum absolute atomic E-state index is 13.4. The van der Waals surface area contributed by atoms with Crippen LogP contribution in [-0.4, -0.2) is 48.9 Å². The predicted molar refractivity (Wildman–Crippen MR) is 112 cm³/mol. The normalized spacial score (nSPS) is 20.6. The van der Waals surface area contributed by atoms with Crippen molar-refractivity contribution in [1.82, 2.24) is 4.90 Å². The Morgan fingerprint density at radius 1 is 1.00 bits per heavy atom. The van der Waals surface area contributed by atoms with Gasteiger partial charge in [0.1, 0.15) is 5.82 Å². The number of carbonyl (C=O) groups is 2. The molecule has 0 N–H and O–H groups in total. The van der Waals surface area contributed by atoms with E-state index in [1.165, 1.54) is 12.1 Å². The molecule has 0 aliphatic carbocycles. The molecule has 8 heteroatoms. The fourth-order valence-electron chi connectivity index (χ4n) is 3.99. The minimum Gasteiger partial charge on any atom is -0.369 e. The van der Waals surface area contributed by atoms with Crippen LogP contribution in [0.1, 0.15) is 12.0 Å². The van der Waals surface area contributed by atoms with E-state index in [9.17, 15) is 14.0 Å². The van der Waals surface area contributed by atoms with Gasteiger partial charge in [0.25, 0.3) is 5.91 Å². The largest absolute Gasteiger partial charge is 0.369 e. The number of amides is 2. The molecule has 2 aromatic carbocycles. The van der Waals surface area contributed by atoms with Crippen LogP contribution in [0.15, 0.2) is 36.4 Å². The Labute approximate surface area is 178 Å². The van der Waals surface area contributed by atoms with Gasteiger partial charge in [-0.3, -0.25) is 14.5 Å². The number of hydrogen-bond donors (Lipinski definition) is 0. The number of carbonyl (C=O) groups excluding carboxylic acids is 2. The zero-order chi connectivity index (χ0) is 20.7. The molecule has 2 aliphatic heterocycles. The SMILES string of the molecule is Cc1ccc(Cl)cc1N1CCN([C@H]2CC(=O)N(c3ccc(F)c(Cl)c3)C2=O)CC1. The molecule has 2 amide bonds. The molecule has 2 aromatic rings. The van der Waals surface area contributed by atoms with E-state index in [1.54, 1.807) is 0 Å². The summed E-state index contributed by atoms with van der Waals surface area (Å²) in [7, 11) is 0. The Hall–Kier alpha value is -2.15. The molecule has 2 heterocycles. The first kappa shape index (κ1) is 20.1. The Balaban J connectivity index is 1.46. The highest BCUT2D eigenvalue weighted by atomic mass is 35.5. The highest BCUT2D eigenvalue weighted by Gasteiger charge is 2.43. The van der Waals surface area contributed by atoms with Gasteiger partial charge in [-0.1, -0.05) is 29.3 Å². The molecule has 0 saturated carbocycles. The Morgan fingerprint density at radius 3 is 2.41 bits per heavy atom. The summed E-state index contributed by atoms with van der Waals surface area (Å²) in [5.74, 6) is -1.17. The van der Waals surface area contributed by atoms with E-state index < -0.39 is 11.9 Å². The van der Waals surface area contributed by atoms with Crippen LogP contribution >= 0.6 is 23.2 Å². The van der Waals surface area contributed by atoms with E-state index in [0.717, 1.165) is 35.3 Å². The number of aryl methyl sites for hydroxylation is 1. The minimum absolute atomic E-state index is 0.114. The number of imide groups is 1. The second kappa shape index (κ2) is 7.94. The van der Waals surface area contributed by atoms with Crippen LogP contribution in [0, 0.1) is 12.7 Å². The number of nitrogens with zero attached hydrogens (tertiary/aromatic N) is 3. The molecule has 2 aliphatic rings. The number of rotatable bonds is 3. The number of hydrogen-bond acceptors (Lipinski definition) is 4. The zero-order valence-electron chi connectivity index (χ0n) is 15.9. The summed E-state index contributed by atoms with van der Waals surface area (Å²) in [6.07, 6.45) is 0.115. The molecule has 5 nitrogen and oxygen atoms in total. The Morgan fingerprint density at radius 2 is 1.72 bits per heavy atom. The van der Waals surface area contributed by atoms with Gasteiger partial charge in [-0.05, 0) is 42.8 Å². The molecule has 4 rings (SSSR count). The smallest absolute Gasteiger partial charge is 0.251 e. The molecule has 0 spiro atoms. The molecule has 2 fully saturated rings. The summed E-state index contributed by atoms with van der Waals surface area (Å²) in [5, 5.41) is 0.579. The van der Waals surface area contributed by atoms with Crippen LogP contribution in [0.25, 0.3) is 0 Å². The number of anilines is 2. The summed E-state index contributed by atoms with van der Waals surface area (Å²) in [6, 6.07) is 9.20. The van der Waals surface area contributed by atoms with Gasteiger partial charge in [0.2, 0.25) is 5.91 Å². The Bertz CT molecular complexity index is 976. The summed E-state index contributed by atoms with van der Waals surface area (Å²) in [6.45, 7) is 4.84. The van der Waals surface area contributed by atoms with Crippen molar-refractivity contribution in [3.63, 3.8) is 0 Å². The molecule has 2 saturated heterocycles. The van der Waals surface area contributed by atoms with Crippen LogP contribution in [-0.2, 0) is 9.59 Å². The predicted octanol–water partition coefficient (Wildman–Crippen LogP) is 3.90. The van der Waals surface area contributed by atoms with Gasteiger partial charge < -0.3 is 4.90 Å². The van der Waals surface area contributed by atoms with Crippen molar-refractivity contribution in [2.75, 3.05) is 36.0 Å². The average Bonchev–Trinajstić information content (AvgIpc) is 3.00. The second-order valence-corrected chi connectivity index (χ2v) is 8.18. The fourth-order valence-corrected chi connectivity index (χ4v) is 4.34. The van der Waals surface area contributed by atoms with Gasteiger partial charge in [0.15, 0.2) is 0 Å². The fraction of sp³-hybridized carbons (Fsp3) is 0.333. The zero-order valence-corrected chi connectivity index (χ0v) is 17.4. The third-order valence-corrected chi connectivity index (χ3v) is 6.08. The lowest BCUT2D eigenvalue weighted by atomic mass is 10.1. The molecule has 152 valence electrons. The van der Waals surface area contributed by atoms with Crippen molar-refractivity contribution in [1.29, 1.82) is 0 Å². The monoisotopic (exact) mass is 435 g/mol. The molecule has 0 aromatic heterocycles. The third kappa shape index (κ3) is 3.84. The van der Waals surface area contributed by atoms with Crippen LogP contribution in [0.4, 0.5) is 15.8 Å². The van der Waals surface area contributed by atoms with E-state index in [4.69, 9.17) is 23.2 Å². The minimum atomic E-state index is -0.585. The highest BCUT2D eigenvalue weighted by molar-refractivity contribution is 6.31. The van der Waals surface area contributed by atoms with E-state index in [0.29, 0.717) is 23.8 Å². The van der Waals surface area contributed by atoms with Gasteiger partial charge in [-0.25, -0.2) is 9.29 Å². The summed E-state index contributed by atoms with van der Waals surface area (Å²) in [5.41, 5.74) is 2.55. The van der Waals surface area contributed by atoms with Crippen LogP contribution in [0.2, 0.25) is 10.0 Å². The second-order valence-electron chi connectivity index (χ2n) is 7.34. The van der Waals surface area contributed by atoms with Crippen molar-refractivity contribution in [2.24, 2.45) is 0 Å². The lowest BCUT2D eigenvalue weighted by Gasteiger charge is -2.38. The molecule has 0 unspecified atom stereocenters. The molecule has 0 bridgehead atoms.